The van der Waals surface area contributed by atoms with E-state index in [0.29, 0.717) is 0 Å². The Morgan fingerprint density at radius 1 is 0.652 bits per heavy atom. The zero-order valence-corrected chi connectivity index (χ0v) is 12.5. The number of hydrogen-bond acceptors (Lipinski definition) is 1. The van der Waals surface area contributed by atoms with Crippen LogP contribution in [-0.2, 0) is 0 Å². The number of aromatic nitrogens is 2. The van der Waals surface area contributed by atoms with Crippen molar-refractivity contribution in [1.82, 2.24) is 9.97 Å². The SMILES string of the molecule is c1ccc2c(c1)ccc1cccc(-c3nc4ccccc4[nH]3)c12. The summed E-state index contributed by atoms with van der Waals surface area (Å²) in [4.78, 5) is 8.24. The predicted octanol–water partition coefficient (Wildman–Crippen LogP) is 5.54. The van der Waals surface area contributed by atoms with Gasteiger partial charge in [0.15, 0.2) is 0 Å². The molecular weight excluding hydrogens is 280 g/mol. The first-order chi connectivity index (χ1) is 11.4. The Bertz CT molecular complexity index is 1140. The van der Waals surface area contributed by atoms with Gasteiger partial charge in [0, 0.05) is 10.9 Å². The Kier molecular flexibility index (Phi) is 2.53. The summed E-state index contributed by atoms with van der Waals surface area (Å²) >= 11 is 0. The minimum Gasteiger partial charge on any atom is -0.338 e. The van der Waals surface area contributed by atoms with Gasteiger partial charge in [-0.2, -0.15) is 0 Å². The first-order valence-electron chi connectivity index (χ1n) is 7.76. The van der Waals surface area contributed by atoms with E-state index in [0.717, 1.165) is 22.4 Å². The van der Waals surface area contributed by atoms with Crippen LogP contribution in [0.4, 0.5) is 0 Å². The van der Waals surface area contributed by atoms with Crippen LogP contribution < -0.4 is 0 Å². The number of H-pyrrole nitrogens is 1. The molecule has 0 aliphatic carbocycles. The first kappa shape index (κ1) is 12.4. The molecule has 0 saturated carbocycles. The van der Waals surface area contributed by atoms with Crippen LogP contribution in [0.1, 0.15) is 0 Å². The monoisotopic (exact) mass is 294 g/mol. The van der Waals surface area contributed by atoms with Crippen LogP contribution in [-0.4, -0.2) is 9.97 Å². The molecule has 0 fully saturated rings. The van der Waals surface area contributed by atoms with Gasteiger partial charge in [-0.1, -0.05) is 66.7 Å². The second kappa shape index (κ2) is 4.68. The maximum absolute atomic E-state index is 4.78. The molecule has 0 aliphatic rings. The summed E-state index contributed by atoms with van der Waals surface area (Å²) in [6, 6.07) is 27.4. The third kappa shape index (κ3) is 1.85. The van der Waals surface area contributed by atoms with Gasteiger partial charge in [0.1, 0.15) is 5.82 Å². The molecule has 4 aromatic carbocycles. The standard InChI is InChI=1S/C21H14N2/c1-2-8-16-14(6-1)12-13-15-7-5-9-17(20(15)16)21-22-18-10-3-4-11-19(18)23-21/h1-13H,(H,22,23). The summed E-state index contributed by atoms with van der Waals surface area (Å²) < 4.78 is 0. The summed E-state index contributed by atoms with van der Waals surface area (Å²) in [5, 5.41) is 5.01. The maximum Gasteiger partial charge on any atom is 0.139 e. The van der Waals surface area contributed by atoms with Gasteiger partial charge >= 0.3 is 0 Å². The van der Waals surface area contributed by atoms with E-state index in [1.165, 1.54) is 21.5 Å². The fourth-order valence-corrected chi connectivity index (χ4v) is 3.34. The van der Waals surface area contributed by atoms with Gasteiger partial charge in [-0.15, -0.1) is 0 Å². The fourth-order valence-electron chi connectivity index (χ4n) is 3.34. The lowest BCUT2D eigenvalue weighted by atomic mass is 9.97. The number of nitrogens with zero attached hydrogens (tertiary/aromatic N) is 1. The van der Waals surface area contributed by atoms with E-state index in [4.69, 9.17) is 4.98 Å². The molecule has 1 heterocycles. The Hall–Kier alpha value is -3.13. The zero-order valence-electron chi connectivity index (χ0n) is 12.5. The molecule has 5 rings (SSSR count). The van der Waals surface area contributed by atoms with Crippen LogP contribution in [0.3, 0.4) is 0 Å². The van der Waals surface area contributed by atoms with Crippen LogP contribution in [0, 0.1) is 0 Å². The lowest BCUT2D eigenvalue weighted by Gasteiger charge is -2.08. The molecule has 0 amide bonds. The van der Waals surface area contributed by atoms with Gasteiger partial charge in [0.05, 0.1) is 11.0 Å². The minimum atomic E-state index is 0.924. The second-order valence-corrected chi connectivity index (χ2v) is 5.79. The predicted molar refractivity (Wildman–Crippen MR) is 96.5 cm³/mol. The topological polar surface area (TPSA) is 28.7 Å². The number of fused-ring (bicyclic) bond motifs is 4. The molecule has 2 heteroatoms. The average Bonchev–Trinajstić information content (AvgIpc) is 3.05. The van der Waals surface area contributed by atoms with Gasteiger partial charge < -0.3 is 4.98 Å². The summed E-state index contributed by atoms with van der Waals surface area (Å²) in [6.45, 7) is 0. The number of benzene rings is 4. The van der Waals surface area contributed by atoms with E-state index >= 15 is 0 Å². The minimum absolute atomic E-state index is 0.924. The molecule has 0 bridgehead atoms. The van der Waals surface area contributed by atoms with Crippen molar-refractivity contribution in [3.63, 3.8) is 0 Å². The normalized spacial score (nSPS) is 11.5. The highest BCUT2D eigenvalue weighted by atomic mass is 14.9. The number of rotatable bonds is 1. The van der Waals surface area contributed by atoms with Crippen molar-refractivity contribution in [2.75, 3.05) is 0 Å². The molecular formula is C21H14N2. The first-order valence-corrected chi connectivity index (χ1v) is 7.76. The highest BCUT2D eigenvalue weighted by Gasteiger charge is 2.10. The summed E-state index contributed by atoms with van der Waals surface area (Å²) in [5.41, 5.74) is 3.22. The van der Waals surface area contributed by atoms with E-state index < -0.39 is 0 Å². The van der Waals surface area contributed by atoms with Crippen molar-refractivity contribution in [3.8, 4) is 11.4 Å². The van der Waals surface area contributed by atoms with Crippen LogP contribution >= 0.6 is 0 Å². The summed E-state index contributed by atoms with van der Waals surface area (Å²) in [7, 11) is 0. The number of para-hydroxylation sites is 2. The highest BCUT2D eigenvalue weighted by molar-refractivity contribution is 6.13. The number of aromatic amines is 1. The summed E-state index contributed by atoms with van der Waals surface area (Å²) in [6.07, 6.45) is 0. The van der Waals surface area contributed by atoms with Crippen LogP contribution in [0.5, 0.6) is 0 Å². The van der Waals surface area contributed by atoms with Crippen molar-refractivity contribution in [2.45, 2.75) is 0 Å². The molecule has 0 unspecified atom stereocenters. The second-order valence-electron chi connectivity index (χ2n) is 5.79. The Morgan fingerprint density at radius 3 is 2.39 bits per heavy atom. The van der Waals surface area contributed by atoms with Gasteiger partial charge in [0.2, 0.25) is 0 Å². The van der Waals surface area contributed by atoms with Gasteiger partial charge in [-0.25, -0.2) is 4.98 Å². The molecule has 5 aromatic rings. The number of imidazole rings is 1. The molecule has 1 aromatic heterocycles. The lowest BCUT2D eigenvalue weighted by molar-refractivity contribution is 1.35. The smallest absolute Gasteiger partial charge is 0.139 e. The van der Waals surface area contributed by atoms with Crippen molar-refractivity contribution >= 4 is 32.6 Å². The molecule has 0 aliphatic heterocycles. The van der Waals surface area contributed by atoms with Crippen LogP contribution in [0.15, 0.2) is 78.9 Å². The lowest BCUT2D eigenvalue weighted by Crippen LogP contribution is -1.85. The Balaban J connectivity index is 1.92. The molecule has 1 N–H and O–H groups in total. The van der Waals surface area contributed by atoms with E-state index in [1.54, 1.807) is 0 Å². The van der Waals surface area contributed by atoms with Gasteiger partial charge in [0.25, 0.3) is 0 Å². The molecule has 23 heavy (non-hydrogen) atoms. The molecule has 0 atom stereocenters. The molecule has 2 nitrogen and oxygen atoms in total. The van der Waals surface area contributed by atoms with E-state index in [9.17, 15) is 0 Å². The Morgan fingerprint density at radius 2 is 1.43 bits per heavy atom. The third-order valence-corrected chi connectivity index (χ3v) is 4.41. The number of nitrogens with one attached hydrogen (secondary N) is 1. The summed E-state index contributed by atoms with van der Waals surface area (Å²) in [5.74, 6) is 0.924. The maximum atomic E-state index is 4.78. The van der Waals surface area contributed by atoms with Crippen molar-refractivity contribution in [1.29, 1.82) is 0 Å². The van der Waals surface area contributed by atoms with Crippen molar-refractivity contribution in [2.24, 2.45) is 0 Å². The van der Waals surface area contributed by atoms with Crippen LogP contribution in [0.2, 0.25) is 0 Å². The van der Waals surface area contributed by atoms with Crippen molar-refractivity contribution in [3.05, 3.63) is 78.9 Å². The van der Waals surface area contributed by atoms with Crippen molar-refractivity contribution < 1.29 is 0 Å². The van der Waals surface area contributed by atoms with E-state index in [-0.39, 0.29) is 0 Å². The Labute approximate surface area is 133 Å². The van der Waals surface area contributed by atoms with Gasteiger partial charge in [-0.05, 0) is 28.3 Å². The average molecular weight is 294 g/mol. The largest absolute Gasteiger partial charge is 0.338 e. The molecule has 0 radical (unpaired) electrons. The van der Waals surface area contributed by atoms with E-state index in [2.05, 4.69) is 65.6 Å². The van der Waals surface area contributed by atoms with Gasteiger partial charge in [-0.3, -0.25) is 0 Å². The third-order valence-electron chi connectivity index (χ3n) is 4.41. The quantitative estimate of drug-likeness (QED) is 0.404. The molecule has 108 valence electrons. The highest BCUT2D eigenvalue weighted by Crippen LogP contribution is 2.33. The zero-order chi connectivity index (χ0) is 15.2. The molecule has 0 spiro atoms. The van der Waals surface area contributed by atoms with E-state index in [1.807, 2.05) is 18.2 Å². The fraction of sp³-hybridized carbons (Fsp3) is 0. The molecule has 0 saturated heterocycles. The van der Waals surface area contributed by atoms with Crippen LogP contribution in [0.25, 0.3) is 44.0 Å². The number of hydrogen-bond donors (Lipinski definition) is 1.